The van der Waals surface area contributed by atoms with Crippen LogP contribution in [0.25, 0.3) is 11.3 Å². The second kappa shape index (κ2) is 21.1. The molecule has 0 atom stereocenters. The van der Waals surface area contributed by atoms with E-state index in [1.807, 2.05) is 31.3 Å². The number of aliphatic hydroxyl groups is 1. The van der Waals surface area contributed by atoms with Crippen molar-refractivity contribution in [2.75, 3.05) is 44.0 Å². The molecule has 0 bridgehead atoms. The number of hydrogen-bond donors (Lipinski definition) is 5. The molecular weight excluding hydrogens is 657 g/mol. The lowest BCUT2D eigenvalue weighted by Gasteiger charge is -2.29. The fourth-order valence-corrected chi connectivity index (χ4v) is 5.32. The number of piperidine rings is 1. The maximum atomic E-state index is 12.2. The largest absolute Gasteiger partial charge is 0.416 e. The molecule has 4 aromatic rings. The first-order valence-corrected chi connectivity index (χ1v) is 16.7. The first-order valence-electron chi connectivity index (χ1n) is 16.7. The Labute approximate surface area is 297 Å². The van der Waals surface area contributed by atoms with Crippen molar-refractivity contribution < 1.29 is 27.9 Å². The number of rotatable bonds is 12. The predicted octanol–water partition coefficient (Wildman–Crippen LogP) is 6.79. The number of carbonyl (C=O) groups excluding carboxylic acids is 2. The minimum Gasteiger partial charge on any atom is -0.401 e. The molecule has 0 aliphatic carbocycles. The summed E-state index contributed by atoms with van der Waals surface area (Å²) in [5, 5.41) is 17.7. The number of nitrogens with two attached hydrogens (primary N) is 1. The molecule has 1 saturated heterocycles. The maximum Gasteiger partial charge on any atom is 0.416 e. The first-order chi connectivity index (χ1) is 24.6. The van der Waals surface area contributed by atoms with Gasteiger partial charge in [-0.2, -0.15) is 13.2 Å². The number of aromatic nitrogens is 1. The quantitative estimate of drug-likeness (QED) is 0.101. The number of halogens is 3. The lowest BCUT2D eigenvalue weighted by molar-refractivity contribution is -0.137. The molecule has 6 N–H and O–H groups in total. The van der Waals surface area contributed by atoms with Crippen LogP contribution in [-0.4, -0.2) is 56.5 Å². The van der Waals surface area contributed by atoms with E-state index >= 15 is 0 Å². The van der Waals surface area contributed by atoms with Crippen molar-refractivity contribution in [3.8, 4) is 11.3 Å². The topological polar surface area (TPSA) is 133 Å². The van der Waals surface area contributed by atoms with Gasteiger partial charge >= 0.3 is 6.18 Å². The van der Waals surface area contributed by atoms with Crippen molar-refractivity contribution in [2.24, 2.45) is 5.73 Å². The van der Waals surface area contributed by atoms with Gasteiger partial charge in [0.25, 0.3) is 0 Å². The lowest BCUT2D eigenvalue weighted by Crippen LogP contribution is -2.29. The fourth-order valence-electron chi connectivity index (χ4n) is 5.32. The second-order valence-electron chi connectivity index (χ2n) is 11.8. The Hall–Kier alpha value is -5.20. The highest BCUT2D eigenvalue weighted by atomic mass is 19.4. The molecule has 0 radical (unpaired) electrons. The summed E-state index contributed by atoms with van der Waals surface area (Å²) in [6, 6.07) is 22.6. The van der Waals surface area contributed by atoms with Gasteiger partial charge in [0.05, 0.1) is 11.3 Å². The van der Waals surface area contributed by atoms with E-state index < -0.39 is 11.7 Å². The van der Waals surface area contributed by atoms with Crippen LogP contribution < -0.4 is 26.6 Å². The number of anilines is 2. The van der Waals surface area contributed by atoms with Gasteiger partial charge in [0.1, 0.15) is 12.6 Å². The Kier molecular flexibility index (Phi) is 16.7. The third-order valence-electron chi connectivity index (χ3n) is 7.91. The predicted molar refractivity (Wildman–Crippen MR) is 198 cm³/mol. The Morgan fingerprint density at radius 1 is 0.882 bits per heavy atom. The van der Waals surface area contributed by atoms with E-state index in [9.17, 15) is 22.8 Å². The van der Waals surface area contributed by atoms with Gasteiger partial charge in [0, 0.05) is 92.4 Å². The molecule has 1 aromatic heterocycles. The highest BCUT2D eigenvalue weighted by Gasteiger charge is 2.30. The number of pyridine rings is 1. The molecule has 9 nitrogen and oxygen atoms in total. The van der Waals surface area contributed by atoms with Crippen molar-refractivity contribution in [2.45, 2.75) is 44.9 Å². The molecule has 3 aromatic carbocycles. The van der Waals surface area contributed by atoms with Crippen molar-refractivity contribution in [1.29, 1.82) is 0 Å². The number of nitrogens with one attached hydrogen (secondary N) is 3. The van der Waals surface area contributed by atoms with Crippen LogP contribution in [0.1, 0.15) is 63.1 Å². The van der Waals surface area contributed by atoms with E-state index in [-0.39, 0.29) is 6.61 Å². The summed E-state index contributed by atoms with van der Waals surface area (Å²) in [5.41, 5.74) is 12.7. The Balaban J connectivity index is 0.000000216. The van der Waals surface area contributed by atoms with E-state index in [0.29, 0.717) is 41.9 Å². The number of aldehydes is 2. The van der Waals surface area contributed by atoms with Crippen molar-refractivity contribution in [1.82, 2.24) is 15.6 Å². The molecule has 51 heavy (non-hydrogen) atoms. The molecule has 5 rings (SSSR count). The number of aliphatic hydroxyl groups excluding tert-OH is 1. The molecule has 2 heterocycles. The summed E-state index contributed by atoms with van der Waals surface area (Å²) in [4.78, 5) is 28.4. The number of alkyl halides is 3. The zero-order chi connectivity index (χ0) is 37.1. The van der Waals surface area contributed by atoms with E-state index in [1.165, 1.54) is 31.0 Å². The van der Waals surface area contributed by atoms with Crippen LogP contribution >= 0.6 is 0 Å². The summed E-state index contributed by atoms with van der Waals surface area (Å²) in [7, 11) is 3.60. The molecule has 12 heteroatoms. The zero-order valence-electron chi connectivity index (χ0n) is 29.0. The van der Waals surface area contributed by atoms with E-state index in [2.05, 4.69) is 44.0 Å². The van der Waals surface area contributed by atoms with Gasteiger partial charge in [-0.1, -0.05) is 36.4 Å². The lowest BCUT2D eigenvalue weighted by atomic mass is 10.0. The van der Waals surface area contributed by atoms with Crippen LogP contribution in [0.2, 0.25) is 0 Å². The SMILES string of the molecule is CNCc1cccc(C(F)(F)F)c1.CNc1ccc(N2CCCCC2)cc1-c1cc(C=O)ccn1.N/C(=C\NCc1cccc(C=O)c1)CCO. The first kappa shape index (κ1) is 40.2. The minimum absolute atomic E-state index is 0.0463. The molecule has 0 amide bonds. The summed E-state index contributed by atoms with van der Waals surface area (Å²) < 4.78 is 36.6. The molecule has 1 fully saturated rings. The molecule has 1 aliphatic rings. The van der Waals surface area contributed by atoms with Crippen molar-refractivity contribution in [3.63, 3.8) is 0 Å². The van der Waals surface area contributed by atoms with E-state index in [4.69, 9.17) is 10.8 Å². The van der Waals surface area contributed by atoms with Crippen molar-refractivity contribution >= 4 is 23.9 Å². The van der Waals surface area contributed by atoms with Gasteiger partial charge in [-0.25, -0.2) is 0 Å². The number of carbonyl (C=O) groups is 2. The molecule has 0 spiro atoms. The molecule has 0 saturated carbocycles. The zero-order valence-corrected chi connectivity index (χ0v) is 29.0. The standard InChI is InChI=1S/C18H21N3O.C12H16N2O2.C9H10F3N/c1-19-17-6-5-15(21-9-3-2-4-10-21)12-16(17)18-11-14(13-22)7-8-20-18;13-12(4-5-15)8-14-7-10-2-1-3-11(6-10)9-16;1-13-6-7-3-2-4-8(5-7)9(10,11)12/h5-8,11-13,19H,2-4,9-10H2,1H3;1-3,6,8-9,14-15H,4-5,7,13H2;2-5,13H,6H2,1H3/b;12-8-;. The van der Waals surface area contributed by atoms with E-state index in [1.54, 1.807) is 37.6 Å². The minimum atomic E-state index is -4.25. The van der Waals surface area contributed by atoms with Crippen LogP contribution in [0, 0.1) is 0 Å². The van der Waals surface area contributed by atoms with Crippen LogP contribution in [0.4, 0.5) is 24.5 Å². The average molecular weight is 705 g/mol. The fraction of sp³-hybridized carbons (Fsp3) is 0.308. The van der Waals surface area contributed by atoms with Gasteiger partial charge in [-0.15, -0.1) is 0 Å². The molecule has 0 unspecified atom stereocenters. The highest BCUT2D eigenvalue weighted by molar-refractivity contribution is 5.83. The van der Waals surface area contributed by atoms with Crippen LogP contribution in [0.5, 0.6) is 0 Å². The summed E-state index contributed by atoms with van der Waals surface area (Å²) in [5.74, 6) is 0. The molecule has 272 valence electrons. The second-order valence-corrected chi connectivity index (χ2v) is 11.8. The van der Waals surface area contributed by atoms with E-state index in [0.717, 1.165) is 60.3 Å². The molecule has 1 aliphatic heterocycles. The number of benzene rings is 3. The van der Waals surface area contributed by atoms with Gasteiger partial charge in [0.2, 0.25) is 0 Å². The normalized spacial score (nSPS) is 12.8. The van der Waals surface area contributed by atoms with Gasteiger partial charge in [-0.05, 0) is 79.9 Å². The van der Waals surface area contributed by atoms with Gasteiger partial charge < -0.3 is 31.7 Å². The smallest absolute Gasteiger partial charge is 0.401 e. The summed E-state index contributed by atoms with van der Waals surface area (Å²) in [6.45, 7) is 3.32. The van der Waals surface area contributed by atoms with Gasteiger partial charge in [-0.3, -0.25) is 14.6 Å². The average Bonchev–Trinajstić information content (AvgIpc) is 3.15. The third kappa shape index (κ3) is 13.6. The van der Waals surface area contributed by atoms with Gasteiger partial charge in [0.15, 0.2) is 0 Å². The number of hydrogen-bond acceptors (Lipinski definition) is 9. The molecular formula is C39H47F3N6O3. The summed E-state index contributed by atoms with van der Waals surface area (Å²) >= 11 is 0. The summed E-state index contributed by atoms with van der Waals surface area (Å²) in [6.07, 6.45) is 5.07. The monoisotopic (exact) mass is 704 g/mol. The van der Waals surface area contributed by atoms with Crippen LogP contribution in [-0.2, 0) is 19.3 Å². The Morgan fingerprint density at radius 3 is 2.22 bits per heavy atom. The maximum absolute atomic E-state index is 12.2. The Morgan fingerprint density at radius 2 is 1.57 bits per heavy atom. The third-order valence-corrected chi connectivity index (χ3v) is 7.91. The number of nitrogens with zero attached hydrogens (tertiary/aromatic N) is 2. The van der Waals surface area contributed by atoms with Crippen LogP contribution in [0.3, 0.4) is 0 Å². The Bertz CT molecular complexity index is 1710. The van der Waals surface area contributed by atoms with Crippen LogP contribution in [0.15, 0.2) is 97.0 Å². The van der Waals surface area contributed by atoms with Crippen molar-refractivity contribution in [3.05, 3.63) is 125 Å². The highest BCUT2D eigenvalue weighted by Crippen LogP contribution is 2.32.